The molecular weight excluding hydrogens is 656 g/mol. The van der Waals surface area contributed by atoms with Crippen molar-refractivity contribution in [3.63, 3.8) is 0 Å². The Kier molecular flexibility index (Phi) is 12.9. The summed E-state index contributed by atoms with van der Waals surface area (Å²) < 4.78 is 6.22. The predicted molar refractivity (Wildman–Crippen MR) is 204 cm³/mol. The number of unbranched alkanes of at least 4 members (excludes halogenated alkanes) is 6. The maximum absolute atomic E-state index is 13.0. The van der Waals surface area contributed by atoms with E-state index in [4.69, 9.17) is 4.74 Å². The van der Waals surface area contributed by atoms with Gasteiger partial charge < -0.3 is 35.3 Å². The first-order chi connectivity index (χ1) is 25.3. The SMILES string of the molecule is Cc1cccc(C(c2cccc(OCCCCCCCCCNC[C@H](O)c3ccc(O)c4[nH]c(=O)ccc34)c2)N(C(=O)O)[C@H]2CN3CCC2CC3)c1. The number of aromatic amines is 1. The normalized spacial score (nSPS) is 19.4. The summed E-state index contributed by atoms with van der Waals surface area (Å²) in [7, 11) is 0. The van der Waals surface area contributed by atoms with E-state index < -0.39 is 18.2 Å². The molecule has 0 saturated carbocycles. The van der Waals surface area contributed by atoms with Gasteiger partial charge in [-0.15, -0.1) is 0 Å². The standard InChI is InChI=1S/C42H54N4O6/c1-29-11-9-12-31(25-29)41(46(42(50)51)36-28-45-22-19-30(36)20-23-45)32-13-10-14-33(26-32)52-24-8-6-4-2-3-5-7-21-43-27-38(48)34-15-17-37(47)40-35(34)16-18-39(49)44-40/h9-18,25-26,30,36,38,41,43,47-48H,2-8,19-24,27-28H2,1H3,(H,44,49)(H,50,51)/t36-,38-,41?/m0/s1. The van der Waals surface area contributed by atoms with Gasteiger partial charge in [-0.1, -0.05) is 80.1 Å². The lowest BCUT2D eigenvalue weighted by Crippen LogP contribution is -2.59. The summed E-state index contributed by atoms with van der Waals surface area (Å²) in [5.41, 5.74) is 3.77. The second kappa shape index (κ2) is 17.9. The highest BCUT2D eigenvalue weighted by Crippen LogP contribution is 2.39. The number of fused-ring (bicyclic) bond motifs is 4. The van der Waals surface area contributed by atoms with Crippen molar-refractivity contribution in [1.82, 2.24) is 20.1 Å². The summed E-state index contributed by atoms with van der Waals surface area (Å²) in [4.78, 5) is 31.4. The molecule has 2 bridgehead atoms. The molecule has 0 spiro atoms. The van der Waals surface area contributed by atoms with Crippen LogP contribution in [-0.4, -0.2) is 81.6 Å². The lowest BCUT2D eigenvalue weighted by atomic mass is 9.81. The van der Waals surface area contributed by atoms with E-state index in [-0.39, 0.29) is 17.4 Å². The van der Waals surface area contributed by atoms with E-state index in [1.54, 1.807) is 17.0 Å². The molecule has 3 aromatic carbocycles. The molecule has 1 amide bonds. The second-order valence-corrected chi connectivity index (χ2v) is 14.6. The number of nitrogens with zero attached hydrogens (tertiary/aromatic N) is 2. The summed E-state index contributed by atoms with van der Waals surface area (Å²) in [6, 6.07) is 22.1. The van der Waals surface area contributed by atoms with Crippen LogP contribution < -0.4 is 15.6 Å². The molecule has 3 fully saturated rings. The summed E-state index contributed by atoms with van der Waals surface area (Å²) in [5.74, 6) is 1.15. The van der Waals surface area contributed by atoms with Crippen LogP contribution in [0.4, 0.5) is 4.79 Å². The van der Waals surface area contributed by atoms with E-state index in [1.165, 1.54) is 18.6 Å². The Morgan fingerprint density at radius 2 is 1.65 bits per heavy atom. The van der Waals surface area contributed by atoms with E-state index in [9.17, 15) is 24.9 Å². The van der Waals surface area contributed by atoms with Gasteiger partial charge in [-0.25, -0.2) is 4.79 Å². The molecule has 7 rings (SSSR count). The Morgan fingerprint density at radius 3 is 2.37 bits per heavy atom. The minimum atomic E-state index is -0.869. The maximum atomic E-state index is 13.0. The third-order valence-corrected chi connectivity index (χ3v) is 10.9. The molecule has 5 N–H and O–H groups in total. The van der Waals surface area contributed by atoms with Gasteiger partial charge in [0.25, 0.3) is 0 Å². The average Bonchev–Trinajstić information content (AvgIpc) is 3.15. The number of aryl methyl sites for hydroxylation is 1. The molecule has 1 aromatic heterocycles. The highest BCUT2D eigenvalue weighted by molar-refractivity contribution is 5.87. The summed E-state index contributed by atoms with van der Waals surface area (Å²) in [6.07, 6.45) is 8.15. The van der Waals surface area contributed by atoms with Gasteiger partial charge in [0.15, 0.2) is 0 Å². The third-order valence-electron chi connectivity index (χ3n) is 10.9. The van der Waals surface area contributed by atoms with Crippen molar-refractivity contribution in [1.29, 1.82) is 0 Å². The number of aliphatic hydroxyl groups is 1. The lowest BCUT2D eigenvalue weighted by Gasteiger charge is -2.50. The molecule has 4 heterocycles. The maximum Gasteiger partial charge on any atom is 0.408 e. The number of aromatic nitrogens is 1. The van der Waals surface area contributed by atoms with Gasteiger partial charge in [0.2, 0.25) is 5.56 Å². The highest BCUT2D eigenvalue weighted by Gasteiger charge is 2.43. The van der Waals surface area contributed by atoms with Crippen molar-refractivity contribution in [2.45, 2.75) is 82.9 Å². The number of H-pyrrole nitrogens is 1. The Hall–Kier alpha value is -4.38. The first-order valence-corrected chi connectivity index (χ1v) is 19.0. The Morgan fingerprint density at radius 1 is 0.942 bits per heavy atom. The zero-order valence-electron chi connectivity index (χ0n) is 30.3. The van der Waals surface area contributed by atoms with Crippen molar-refractivity contribution in [2.75, 3.05) is 39.3 Å². The molecular formula is C42H54N4O6. The highest BCUT2D eigenvalue weighted by atomic mass is 16.5. The van der Waals surface area contributed by atoms with E-state index in [2.05, 4.69) is 40.3 Å². The number of benzene rings is 3. The molecule has 10 heteroatoms. The van der Waals surface area contributed by atoms with Gasteiger partial charge in [-0.2, -0.15) is 0 Å². The van der Waals surface area contributed by atoms with E-state index in [0.717, 1.165) is 100.0 Å². The fraction of sp³-hybridized carbons (Fsp3) is 0.476. The average molecular weight is 711 g/mol. The predicted octanol–water partition coefficient (Wildman–Crippen LogP) is 7.14. The number of carboxylic acid groups (broad SMARTS) is 1. The van der Waals surface area contributed by atoms with Crippen LogP contribution in [0.5, 0.6) is 11.5 Å². The fourth-order valence-corrected chi connectivity index (χ4v) is 8.15. The van der Waals surface area contributed by atoms with E-state index in [0.29, 0.717) is 35.5 Å². The number of carbonyl (C=O) groups is 1. The van der Waals surface area contributed by atoms with Gasteiger partial charge >= 0.3 is 6.09 Å². The zero-order chi connectivity index (χ0) is 36.5. The van der Waals surface area contributed by atoms with Gasteiger partial charge in [-0.05, 0) is 99.1 Å². The van der Waals surface area contributed by atoms with Crippen LogP contribution in [0.15, 0.2) is 77.6 Å². The van der Waals surface area contributed by atoms with Crippen LogP contribution in [0.1, 0.15) is 92.2 Å². The lowest BCUT2D eigenvalue weighted by molar-refractivity contribution is -0.000818. The van der Waals surface area contributed by atoms with E-state index in [1.807, 2.05) is 30.3 Å². The molecule has 278 valence electrons. The van der Waals surface area contributed by atoms with Crippen LogP contribution in [0, 0.1) is 12.8 Å². The van der Waals surface area contributed by atoms with Crippen LogP contribution in [0.25, 0.3) is 10.9 Å². The minimum absolute atomic E-state index is 0.0119. The van der Waals surface area contributed by atoms with Crippen LogP contribution in [-0.2, 0) is 0 Å². The van der Waals surface area contributed by atoms with Gasteiger partial charge in [-0.3, -0.25) is 9.69 Å². The summed E-state index contributed by atoms with van der Waals surface area (Å²) >= 11 is 0. The van der Waals surface area contributed by atoms with Crippen LogP contribution >= 0.6 is 0 Å². The molecule has 0 aliphatic carbocycles. The first-order valence-electron chi connectivity index (χ1n) is 19.0. The van der Waals surface area contributed by atoms with Crippen molar-refractivity contribution >= 4 is 17.0 Å². The number of ether oxygens (including phenoxy) is 1. The van der Waals surface area contributed by atoms with Crippen molar-refractivity contribution in [3.05, 3.63) is 105 Å². The number of piperidine rings is 3. The van der Waals surface area contributed by atoms with Crippen molar-refractivity contribution in [3.8, 4) is 11.5 Å². The fourth-order valence-electron chi connectivity index (χ4n) is 8.15. The number of pyridine rings is 1. The Bertz CT molecular complexity index is 1840. The van der Waals surface area contributed by atoms with Gasteiger partial charge in [0, 0.05) is 24.5 Å². The number of aliphatic hydroxyl groups excluding tert-OH is 1. The topological polar surface area (TPSA) is 138 Å². The third kappa shape index (κ3) is 9.34. The number of nitrogens with one attached hydrogen (secondary N) is 2. The summed E-state index contributed by atoms with van der Waals surface area (Å²) in [5, 5.41) is 35.4. The number of rotatable bonds is 18. The Balaban J connectivity index is 0.915. The Labute approximate surface area is 306 Å². The number of aromatic hydroxyl groups is 1. The number of phenolic OH excluding ortho intramolecular Hbond substituents is 1. The minimum Gasteiger partial charge on any atom is -0.506 e. The molecule has 52 heavy (non-hydrogen) atoms. The number of hydrogen-bond acceptors (Lipinski definition) is 7. The quantitative estimate of drug-likeness (QED) is 0.0688. The number of hydrogen-bond donors (Lipinski definition) is 5. The molecule has 3 aliphatic rings. The van der Waals surface area contributed by atoms with Crippen molar-refractivity contribution in [2.24, 2.45) is 5.92 Å². The molecule has 3 saturated heterocycles. The second-order valence-electron chi connectivity index (χ2n) is 14.6. The van der Waals surface area contributed by atoms with Gasteiger partial charge in [0.1, 0.15) is 11.5 Å². The number of phenols is 1. The van der Waals surface area contributed by atoms with Crippen LogP contribution in [0.3, 0.4) is 0 Å². The summed E-state index contributed by atoms with van der Waals surface area (Å²) in [6.45, 7) is 6.80. The molecule has 10 nitrogen and oxygen atoms in total. The largest absolute Gasteiger partial charge is 0.506 e. The molecule has 1 unspecified atom stereocenters. The first kappa shape index (κ1) is 37.4. The monoisotopic (exact) mass is 710 g/mol. The van der Waals surface area contributed by atoms with Crippen molar-refractivity contribution < 1.29 is 24.9 Å². The van der Waals surface area contributed by atoms with Gasteiger partial charge in [0.05, 0.1) is 30.3 Å². The molecule has 0 radical (unpaired) electrons. The molecule has 3 aliphatic heterocycles. The molecule has 4 aromatic rings. The smallest absolute Gasteiger partial charge is 0.408 e. The van der Waals surface area contributed by atoms with Crippen LogP contribution in [0.2, 0.25) is 0 Å². The zero-order valence-corrected chi connectivity index (χ0v) is 30.3. The molecule has 3 atom stereocenters. The van der Waals surface area contributed by atoms with E-state index >= 15 is 0 Å². The number of amides is 1.